The van der Waals surface area contributed by atoms with Crippen LogP contribution in [0.1, 0.15) is 62.6 Å². The maximum Gasteiger partial charge on any atom is 0.188 e. The van der Waals surface area contributed by atoms with E-state index in [0.717, 1.165) is 88.3 Å². The monoisotopic (exact) mass is 429 g/mol. The summed E-state index contributed by atoms with van der Waals surface area (Å²) >= 11 is 0. The molecule has 0 saturated carbocycles. The highest BCUT2D eigenvalue weighted by Crippen LogP contribution is 2.06. The van der Waals surface area contributed by atoms with E-state index in [1.807, 2.05) is 6.20 Å². The fourth-order valence-corrected chi connectivity index (χ4v) is 3.38. The van der Waals surface area contributed by atoms with E-state index in [1.165, 1.54) is 19.3 Å². The zero-order valence-corrected chi connectivity index (χ0v) is 18.6. The lowest BCUT2D eigenvalue weighted by atomic mass is 10.1. The van der Waals surface area contributed by atoms with Gasteiger partial charge in [0.15, 0.2) is 11.9 Å². The van der Waals surface area contributed by atoms with Crippen LogP contribution in [0.4, 0.5) is 0 Å². The summed E-state index contributed by atoms with van der Waals surface area (Å²) in [6.45, 7) is 4.25. The Morgan fingerprint density at radius 3 is 2.23 bits per heavy atom. The third-order valence-corrected chi connectivity index (χ3v) is 5.13. The lowest BCUT2D eigenvalue weighted by Gasteiger charge is -2.14. The van der Waals surface area contributed by atoms with E-state index in [1.54, 1.807) is 0 Å². The van der Waals surface area contributed by atoms with E-state index in [4.69, 9.17) is 16.6 Å². The second kappa shape index (κ2) is 15.0. The molecule has 172 valence electrons. The molecule has 0 spiro atoms. The molecule has 31 heavy (non-hydrogen) atoms. The number of hydrogen-bond acceptors (Lipinski definition) is 5. The van der Waals surface area contributed by atoms with Crippen LogP contribution in [0.25, 0.3) is 0 Å². The van der Waals surface area contributed by atoms with Crippen LogP contribution in [0, 0.1) is 10.8 Å². The summed E-state index contributed by atoms with van der Waals surface area (Å²) in [6, 6.07) is 4.15. The van der Waals surface area contributed by atoms with E-state index >= 15 is 0 Å². The molecular formula is C22H39N9. The SMILES string of the molecule is N=C(N)NCCCCCCCCNC(=N)NCCCc1ccc(C2=NCCCN2)cn1. The summed E-state index contributed by atoms with van der Waals surface area (Å²) in [5.41, 5.74) is 7.36. The molecule has 8 N–H and O–H groups in total. The molecule has 2 heterocycles. The number of amidine groups is 1. The number of hydrogen-bond donors (Lipinski definition) is 7. The van der Waals surface area contributed by atoms with Gasteiger partial charge in [-0.2, -0.15) is 0 Å². The molecule has 0 atom stereocenters. The van der Waals surface area contributed by atoms with Crippen molar-refractivity contribution in [3.05, 3.63) is 29.6 Å². The molecule has 0 unspecified atom stereocenters. The summed E-state index contributed by atoms with van der Waals surface area (Å²) in [5, 5.41) is 27.4. The number of pyridine rings is 1. The summed E-state index contributed by atoms with van der Waals surface area (Å²) in [6.07, 6.45) is 11.7. The number of aliphatic imine (C=N–C) groups is 1. The maximum atomic E-state index is 7.95. The number of nitrogens with two attached hydrogens (primary N) is 1. The molecule has 1 aromatic rings. The fraction of sp³-hybridized carbons (Fsp3) is 0.636. The van der Waals surface area contributed by atoms with Gasteiger partial charge in [0.2, 0.25) is 0 Å². The van der Waals surface area contributed by atoms with E-state index in [-0.39, 0.29) is 5.96 Å². The first kappa shape index (κ1) is 24.4. The first-order valence-electron chi connectivity index (χ1n) is 11.5. The van der Waals surface area contributed by atoms with Crippen molar-refractivity contribution in [3.63, 3.8) is 0 Å². The highest BCUT2D eigenvalue weighted by molar-refractivity contribution is 5.98. The second-order valence-corrected chi connectivity index (χ2v) is 7.84. The van der Waals surface area contributed by atoms with Gasteiger partial charge >= 0.3 is 0 Å². The predicted molar refractivity (Wildman–Crippen MR) is 128 cm³/mol. The Hall–Kier alpha value is -2.84. The van der Waals surface area contributed by atoms with Crippen LogP contribution < -0.4 is 27.0 Å². The van der Waals surface area contributed by atoms with Gasteiger partial charge in [0, 0.05) is 50.2 Å². The van der Waals surface area contributed by atoms with Gasteiger partial charge in [0.25, 0.3) is 0 Å². The number of rotatable bonds is 14. The van der Waals surface area contributed by atoms with Gasteiger partial charge in [0.05, 0.1) is 0 Å². The molecule has 9 heteroatoms. The zero-order chi connectivity index (χ0) is 22.2. The van der Waals surface area contributed by atoms with Crippen LogP contribution in [-0.4, -0.2) is 55.5 Å². The Kier molecular flexibility index (Phi) is 11.8. The first-order valence-corrected chi connectivity index (χ1v) is 11.5. The number of guanidine groups is 2. The van der Waals surface area contributed by atoms with Crippen molar-refractivity contribution in [2.24, 2.45) is 10.7 Å². The van der Waals surface area contributed by atoms with Crippen molar-refractivity contribution in [2.75, 3.05) is 32.7 Å². The van der Waals surface area contributed by atoms with Gasteiger partial charge in [-0.1, -0.05) is 25.7 Å². The summed E-state index contributed by atoms with van der Waals surface area (Å²) in [7, 11) is 0. The van der Waals surface area contributed by atoms with Crippen molar-refractivity contribution in [1.29, 1.82) is 10.8 Å². The minimum Gasteiger partial charge on any atom is -0.370 e. The standard InChI is InChI=1S/C22H39N9/c23-21(24)28-12-5-3-1-2-4-6-13-29-22(25)30-14-7-9-19-11-10-18(17-31-19)20-26-15-8-16-27-20/h10-11,17H,1-9,12-16H2,(H,26,27)(H4,23,24,28)(H3,25,29,30). The molecule has 0 aliphatic carbocycles. The molecule has 0 aromatic carbocycles. The Bertz CT molecular complexity index is 685. The number of aromatic nitrogens is 1. The van der Waals surface area contributed by atoms with Crippen LogP contribution in [0.3, 0.4) is 0 Å². The smallest absolute Gasteiger partial charge is 0.188 e. The number of unbranched alkanes of at least 4 members (excludes halogenated alkanes) is 5. The molecule has 1 aliphatic heterocycles. The lowest BCUT2D eigenvalue weighted by molar-refractivity contribution is 0.583. The zero-order valence-electron chi connectivity index (χ0n) is 18.6. The van der Waals surface area contributed by atoms with Gasteiger partial charge < -0.3 is 27.0 Å². The Balaban J connectivity index is 1.43. The van der Waals surface area contributed by atoms with Gasteiger partial charge in [-0.15, -0.1) is 0 Å². The molecule has 9 nitrogen and oxygen atoms in total. The van der Waals surface area contributed by atoms with Crippen molar-refractivity contribution in [3.8, 4) is 0 Å². The highest BCUT2D eigenvalue weighted by atomic mass is 15.1. The second-order valence-electron chi connectivity index (χ2n) is 7.84. The van der Waals surface area contributed by atoms with Gasteiger partial charge in [0.1, 0.15) is 5.84 Å². The number of aryl methyl sites for hydroxylation is 1. The van der Waals surface area contributed by atoms with Crippen LogP contribution >= 0.6 is 0 Å². The number of nitrogens with one attached hydrogen (secondary N) is 6. The summed E-state index contributed by atoms with van der Waals surface area (Å²) in [4.78, 5) is 9.04. The maximum absolute atomic E-state index is 7.95. The topological polar surface area (TPSA) is 147 Å². The quantitative estimate of drug-likeness (QED) is 0.136. The fourth-order valence-electron chi connectivity index (χ4n) is 3.38. The molecule has 1 aromatic heterocycles. The minimum atomic E-state index is 0.0518. The molecule has 0 radical (unpaired) electrons. The number of nitrogens with zero attached hydrogens (tertiary/aromatic N) is 2. The Labute approximate surface area is 186 Å². The Morgan fingerprint density at radius 2 is 1.61 bits per heavy atom. The molecule has 0 bridgehead atoms. The molecular weight excluding hydrogens is 390 g/mol. The molecule has 0 fully saturated rings. The van der Waals surface area contributed by atoms with Crippen molar-refractivity contribution in [1.82, 2.24) is 26.3 Å². The third-order valence-electron chi connectivity index (χ3n) is 5.13. The summed E-state index contributed by atoms with van der Waals surface area (Å²) in [5.74, 6) is 1.41. The van der Waals surface area contributed by atoms with Crippen molar-refractivity contribution >= 4 is 17.8 Å². The third kappa shape index (κ3) is 11.2. The van der Waals surface area contributed by atoms with E-state index in [2.05, 4.69) is 43.4 Å². The lowest BCUT2D eigenvalue weighted by Crippen LogP contribution is -2.37. The molecule has 0 amide bonds. The normalized spacial score (nSPS) is 13.1. The average molecular weight is 430 g/mol. The minimum absolute atomic E-state index is 0.0518. The summed E-state index contributed by atoms with van der Waals surface area (Å²) < 4.78 is 0. The van der Waals surface area contributed by atoms with E-state index in [0.29, 0.717) is 5.96 Å². The van der Waals surface area contributed by atoms with Crippen molar-refractivity contribution < 1.29 is 0 Å². The predicted octanol–water partition coefficient (Wildman–Crippen LogP) is 1.69. The van der Waals surface area contributed by atoms with Crippen LogP contribution in [0.2, 0.25) is 0 Å². The Morgan fingerprint density at radius 1 is 0.935 bits per heavy atom. The van der Waals surface area contributed by atoms with Gasteiger partial charge in [-0.25, -0.2) is 0 Å². The first-order chi connectivity index (χ1) is 15.1. The molecule has 1 aliphatic rings. The van der Waals surface area contributed by atoms with E-state index < -0.39 is 0 Å². The largest absolute Gasteiger partial charge is 0.370 e. The van der Waals surface area contributed by atoms with Gasteiger partial charge in [-0.05, 0) is 44.2 Å². The van der Waals surface area contributed by atoms with Gasteiger partial charge in [-0.3, -0.25) is 20.8 Å². The molecule has 2 rings (SSSR count). The van der Waals surface area contributed by atoms with Crippen LogP contribution in [-0.2, 0) is 6.42 Å². The highest BCUT2D eigenvalue weighted by Gasteiger charge is 2.07. The van der Waals surface area contributed by atoms with E-state index in [9.17, 15) is 0 Å². The van der Waals surface area contributed by atoms with Crippen molar-refractivity contribution in [2.45, 2.75) is 57.8 Å². The average Bonchev–Trinajstić information content (AvgIpc) is 2.79. The van der Waals surface area contributed by atoms with Crippen LogP contribution in [0.15, 0.2) is 23.3 Å². The molecule has 0 saturated heterocycles. The van der Waals surface area contributed by atoms with Crippen LogP contribution in [0.5, 0.6) is 0 Å².